The van der Waals surface area contributed by atoms with Crippen molar-refractivity contribution in [3.8, 4) is 17.6 Å². The molecule has 3 N–H and O–H groups in total. The minimum atomic E-state index is -0.315. The van der Waals surface area contributed by atoms with Gasteiger partial charge in [0.15, 0.2) is 17.2 Å². The SMILES string of the molecule is CC1C(C(C=N)=CN)OCCN1c1ccnc(-c2cnc3cnc(C#N)cn23)n1. The van der Waals surface area contributed by atoms with Crippen LogP contribution in [0.4, 0.5) is 5.82 Å². The number of imidazole rings is 1. The Morgan fingerprint density at radius 1 is 1.38 bits per heavy atom. The highest BCUT2D eigenvalue weighted by molar-refractivity contribution is 5.77. The second-order valence-corrected chi connectivity index (χ2v) is 6.53. The molecule has 29 heavy (non-hydrogen) atoms. The van der Waals surface area contributed by atoms with Gasteiger partial charge in [-0.25, -0.2) is 19.9 Å². The van der Waals surface area contributed by atoms with Gasteiger partial charge in [-0.1, -0.05) is 0 Å². The molecule has 4 heterocycles. The molecule has 1 fully saturated rings. The molecule has 4 rings (SSSR count). The van der Waals surface area contributed by atoms with Gasteiger partial charge in [-0.3, -0.25) is 4.40 Å². The molecule has 0 amide bonds. The first-order valence-corrected chi connectivity index (χ1v) is 9.03. The summed E-state index contributed by atoms with van der Waals surface area (Å²) in [4.78, 5) is 19.6. The molecule has 1 saturated heterocycles. The van der Waals surface area contributed by atoms with E-state index in [2.05, 4.69) is 19.9 Å². The van der Waals surface area contributed by atoms with Crippen LogP contribution in [0.15, 0.2) is 42.6 Å². The van der Waals surface area contributed by atoms with Gasteiger partial charge in [0.2, 0.25) is 0 Å². The van der Waals surface area contributed by atoms with Crippen LogP contribution in [-0.2, 0) is 4.74 Å². The van der Waals surface area contributed by atoms with Crippen LogP contribution < -0.4 is 10.6 Å². The number of aromatic nitrogens is 5. The van der Waals surface area contributed by atoms with Gasteiger partial charge < -0.3 is 20.8 Å². The van der Waals surface area contributed by atoms with E-state index in [1.807, 2.05) is 19.1 Å². The fraction of sp³-hybridized carbons (Fsp3) is 0.263. The van der Waals surface area contributed by atoms with Crippen LogP contribution in [0, 0.1) is 16.7 Å². The summed E-state index contributed by atoms with van der Waals surface area (Å²) in [6.45, 7) is 3.16. The molecule has 146 valence electrons. The van der Waals surface area contributed by atoms with Crippen molar-refractivity contribution in [1.82, 2.24) is 24.3 Å². The van der Waals surface area contributed by atoms with E-state index in [1.54, 1.807) is 29.2 Å². The lowest BCUT2D eigenvalue weighted by atomic mass is 10.0. The van der Waals surface area contributed by atoms with Gasteiger partial charge in [0.25, 0.3) is 0 Å². The van der Waals surface area contributed by atoms with Crippen LogP contribution in [0.1, 0.15) is 12.6 Å². The Labute approximate surface area is 166 Å². The van der Waals surface area contributed by atoms with E-state index >= 15 is 0 Å². The number of anilines is 1. The fourth-order valence-electron chi connectivity index (χ4n) is 3.45. The van der Waals surface area contributed by atoms with E-state index in [1.165, 1.54) is 12.4 Å². The molecular weight excluding hydrogens is 370 g/mol. The molecular formula is C19H19N9O. The second-order valence-electron chi connectivity index (χ2n) is 6.53. The molecule has 10 nitrogen and oxygen atoms in total. The third-order valence-electron chi connectivity index (χ3n) is 4.92. The zero-order valence-electron chi connectivity index (χ0n) is 15.7. The topological polar surface area (TPSA) is 142 Å². The number of hydrogen-bond acceptors (Lipinski definition) is 9. The van der Waals surface area contributed by atoms with Crippen molar-refractivity contribution in [2.24, 2.45) is 5.73 Å². The fourth-order valence-corrected chi connectivity index (χ4v) is 3.45. The van der Waals surface area contributed by atoms with Crippen molar-refractivity contribution in [3.05, 3.63) is 48.3 Å². The summed E-state index contributed by atoms with van der Waals surface area (Å²) in [6, 6.07) is 3.79. The Bertz CT molecular complexity index is 1130. The molecule has 3 aromatic heterocycles. The highest BCUT2D eigenvalue weighted by atomic mass is 16.5. The Morgan fingerprint density at radius 2 is 2.24 bits per heavy atom. The van der Waals surface area contributed by atoms with Crippen molar-refractivity contribution in [2.45, 2.75) is 19.1 Å². The zero-order valence-corrected chi connectivity index (χ0v) is 15.7. The Balaban J connectivity index is 1.71. The minimum Gasteiger partial charge on any atom is -0.404 e. The first kappa shape index (κ1) is 18.5. The molecule has 0 radical (unpaired) electrons. The normalized spacial score (nSPS) is 19.9. The van der Waals surface area contributed by atoms with Crippen molar-refractivity contribution < 1.29 is 4.74 Å². The largest absolute Gasteiger partial charge is 0.404 e. The van der Waals surface area contributed by atoms with Crippen LogP contribution in [0.3, 0.4) is 0 Å². The van der Waals surface area contributed by atoms with Crippen LogP contribution in [-0.4, -0.2) is 55.8 Å². The van der Waals surface area contributed by atoms with Gasteiger partial charge in [0, 0.05) is 36.9 Å². The van der Waals surface area contributed by atoms with Crippen LogP contribution in [0.2, 0.25) is 0 Å². The number of nitrogens with two attached hydrogens (primary N) is 1. The van der Waals surface area contributed by atoms with Crippen LogP contribution in [0.25, 0.3) is 17.2 Å². The van der Waals surface area contributed by atoms with Gasteiger partial charge in [-0.2, -0.15) is 5.26 Å². The first-order chi connectivity index (χ1) is 14.2. The summed E-state index contributed by atoms with van der Waals surface area (Å²) >= 11 is 0. The molecule has 1 aliphatic rings. The lowest BCUT2D eigenvalue weighted by molar-refractivity contribution is 0.0429. The summed E-state index contributed by atoms with van der Waals surface area (Å²) in [7, 11) is 0. The summed E-state index contributed by atoms with van der Waals surface area (Å²) in [5.41, 5.74) is 7.83. The molecule has 2 atom stereocenters. The van der Waals surface area contributed by atoms with Gasteiger partial charge in [-0.05, 0) is 13.0 Å². The Hall–Kier alpha value is -3.84. The van der Waals surface area contributed by atoms with Crippen molar-refractivity contribution >= 4 is 17.7 Å². The number of nitrogens with zero attached hydrogens (tertiary/aromatic N) is 7. The standard InChI is InChI=1S/C19H19N9O/c1-12-18(13(6-20)7-21)29-5-4-27(12)16-2-3-23-19(26-16)15-9-25-17-10-24-14(8-22)11-28(15)17/h2-3,6-7,9-12,18,20H,4-5,21H2,1H3. The molecule has 0 saturated carbocycles. The molecule has 3 aromatic rings. The summed E-state index contributed by atoms with van der Waals surface area (Å²) in [5, 5.41) is 16.7. The maximum atomic E-state index is 9.12. The predicted molar refractivity (Wildman–Crippen MR) is 106 cm³/mol. The first-order valence-electron chi connectivity index (χ1n) is 9.03. The van der Waals surface area contributed by atoms with Gasteiger partial charge >= 0.3 is 0 Å². The summed E-state index contributed by atoms with van der Waals surface area (Å²) in [6.07, 6.45) is 8.81. The zero-order chi connectivity index (χ0) is 20.4. The molecule has 10 heteroatoms. The van der Waals surface area contributed by atoms with Crippen molar-refractivity contribution in [2.75, 3.05) is 18.1 Å². The smallest absolute Gasteiger partial charge is 0.180 e. The number of rotatable bonds is 4. The monoisotopic (exact) mass is 389 g/mol. The summed E-state index contributed by atoms with van der Waals surface area (Å²) < 4.78 is 7.59. The average Bonchev–Trinajstić information content (AvgIpc) is 3.19. The number of fused-ring (bicyclic) bond motifs is 1. The second kappa shape index (κ2) is 7.65. The Morgan fingerprint density at radius 3 is 3.00 bits per heavy atom. The predicted octanol–water partition coefficient (Wildman–Crippen LogP) is 1.14. The quantitative estimate of drug-likeness (QED) is 0.633. The maximum absolute atomic E-state index is 9.12. The lowest BCUT2D eigenvalue weighted by Gasteiger charge is -2.40. The molecule has 0 aliphatic carbocycles. The highest BCUT2D eigenvalue weighted by Crippen LogP contribution is 2.26. The third-order valence-corrected chi connectivity index (χ3v) is 4.92. The number of ether oxygens (including phenoxy) is 1. The van der Waals surface area contributed by atoms with Crippen molar-refractivity contribution in [1.29, 1.82) is 10.7 Å². The molecule has 0 aromatic carbocycles. The van der Waals surface area contributed by atoms with Gasteiger partial charge in [0.05, 0.1) is 25.0 Å². The van der Waals surface area contributed by atoms with E-state index in [9.17, 15) is 0 Å². The van der Waals surface area contributed by atoms with E-state index in [0.717, 1.165) is 5.82 Å². The average molecular weight is 389 g/mol. The van der Waals surface area contributed by atoms with Gasteiger partial charge in [0.1, 0.15) is 23.7 Å². The third kappa shape index (κ3) is 3.28. The highest BCUT2D eigenvalue weighted by Gasteiger charge is 2.31. The number of hydrogen-bond donors (Lipinski definition) is 2. The molecule has 1 aliphatic heterocycles. The van der Waals surface area contributed by atoms with Gasteiger partial charge in [-0.15, -0.1) is 0 Å². The minimum absolute atomic E-state index is 0.0699. The van der Waals surface area contributed by atoms with Crippen LogP contribution in [0.5, 0.6) is 0 Å². The van der Waals surface area contributed by atoms with E-state index < -0.39 is 0 Å². The van der Waals surface area contributed by atoms with E-state index in [4.69, 9.17) is 26.1 Å². The lowest BCUT2D eigenvalue weighted by Crippen LogP contribution is -2.51. The summed E-state index contributed by atoms with van der Waals surface area (Å²) in [5.74, 6) is 1.23. The number of nitriles is 1. The van der Waals surface area contributed by atoms with E-state index in [0.29, 0.717) is 35.9 Å². The Kier molecular flexibility index (Phi) is 4.88. The number of nitrogens with one attached hydrogen (secondary N) is 1. The van der Waals surface area contributed by atoms with Crippen LogP contribution >= 0.6 is 0 Å². The molecule has 0 spiro atoms. The number of morpholine rings is 1. The molecule has 0 bridgehead atoms. The van der Waals surface area contributed by atoms with Crippen molar-refractivity contribution in [3.63, 3.8) is 0 Å². The maximum Gasteiger partial charge on any atom is 0.180 e. The molecule has 2 unspecified atom stereocenters. The van der Waals surface area contributed by atoms with E-state index in [-0.39, 0.29) is 17.8 Å².